The molecule has 0 saturated carbocycles. The van der Waals surface area contributed by atoms with E-state index in [1.54, 1.807) is 0 Å². The van der Waals surface area contributed by atoms with E-state index in [0.717, 1.165) is 54.9 Å². The molecule has 0 fully saturated rings. The van der Waals surface area contributed by atoms with Crippen LogP contribution in [0.2, 0.25) is 0 Å². The van der Waals surface area contributed by atoms with Crippen LogP contribution in [0.25, 0.3) is 11.1 Å². The van der Waals surface area contributed by atoms with Gasteiger partial charge in [-0.05, 0) is 6.42 Å². The Labute approximate surface area is 287 Å². The van der Waals surface area contributed by atoms with Gasteiger partial charge in [0.05, 0.1) is 0 Å². The minimum absolute atomic E-state index is 0. The van der Waals surface area contributed by atoms with Crippen molar-refractivity contribution < 1.29 is 75.4 Å². The summed E-state index contributed by atoms with van der Waals surface area (Å²) >= 11 is 0.729. The summed E-state index contributed by atoms with van der Waals surface area (Å²) in [7, 11) is 0. The van der Waals surface area contributed by atoms with Gasteiger partial charge < -0.3 is 24.8 Å². The first-order chi connectivity index (χ1) is 20.2. The van der Waals surface area contributed by atoms with Crippen molar-refractivity contribution in [3.05, 3.63) is 154 Å². The molecule has 0 aliphatic heterocycles. The van der Waals surface area contributed by atoms with Crippen LogP contribution >= 0.6 is 0 Å². The molecule has 0 amide bonds. The van der Waals surface area contributed by atoms with Gasteiger partial charge in [-0.1, -0.05) is 55.2 Å². The average Bonchev–Trinajstić information content (AvgIpc) is 3.49. The minimum Gasteiger partial charge on any atom is -1.00 e. The Kier molecular flexibility index (Phi) is 13.8. The van der Waals surface area contributed by atoms with Gasteiger partial charge in [0.1, 0.15) is 0 Å². The van der Waals surface area contributed by atoms with Crippen molar-refractivity contribution in [3.8, 4) is 11.1 Å². The average molecular weight is 737 g/mol. The molecule has 0 spiro atoms. The summed E-state index contributed by atoms with van der Waals surface area (Å²) in [4.78, 5) is 0. The first kappa shape index (κ1) is 38.5. The second kappa shape index (κ2) is 16.2. The summed E-state index contributed by atoms with van der Waals surface area (Å²) in [5.41, 5.74) is 7.11. The molecule has 1 unspecified atom stereocenters. The van der Waals surface area contributed by atoms with Crippen molar-refractivity contribution in [1.82, 2.24) is 0 Å². The summed E-state index contributed by atoms with van der Waals surface area (Å²) in [6.45, 7) is 6.39. The van der Waals surface area contributed by atoms with E-state index in [9.17, 15) is 26.3 Å². The van der Waals surface area contributed by atoms with Gasteiger partial charge in [-0.15, -0.1) is 12.5 Å². The Balaban J connectivity index is 0.000000258. The van der Waals surface area contributed by atoms with Crippen LogP contribution in [0.1, 0.15) is 54.2 Å². The molecule has 6 rings (SSSR count). The molecule has 1 atom stereocenters. The monoisotopic (exact) mass is 734 g/mol. The third-order valence-corrected chi connectivity index (χ3v) is 8.53. The molecule has 2 aliphatic rings. The third kappa shape index (κ3) is 10.1. The summed E-state index contributed by atoms with van der Waals surface area (Å²) in [6.07, 6.45) is -2.40. The molecule has 0 radical (unpaired) electrons. The van der Waals surface area contributed by atoms with Crippen molar-refractivity contribution in [1.29, 1.82) is 0 Å². The molecular formula is C36H28Cl2F6Zr-2. The van der Waals surface area contributed by atoms with E-state index >= 15 is 0 Å². The maximum Gasteiger partial charge on any atom is -0.0253 e. The van der Waals surface area contributed by atoms with E-state index in [0.29, 0.717) is 9.12 Å². The maximum atomic E-state index is 12.7. The van der Waals surface area contributed by atoms with Crippen LogP contribution in [0.4, 0.5) is 26.3 Å². The van der Waals surface area contributed by atoms with Crippen molar-refractivity contribution in [2.75, 3.05) is 0 Å². The second-order valence-electron chi connectivity index (χ2n) is 10.3. The fourth-order valence-corrected chi connectivity index (χ4v) is 5.63. The quantitative estimate of drug-likeness (QED) is 0.188. The Morgan fingerprint density at radius 2 is 1.27 bits per heavy atom. The molecule has 4 aromatic carbocycles. The smallest absolute Gasteiger partial charge is 0.0253 e. The molecule has 4 aromatic rings. The van der Waals surface area contributed by atoms with Gasteiger partial charge in [-0.3, -0.25) is 6.08 Å². The van der Waals surface area contributed by atoms with Gasteiger partial charge in [0.25, 0.3) is 0 Å². The van der Waals surface area contributed by atoms with Gasteiger partial charge in [0.2, 0.25) is 0 Å². The van der Waals surface area contributed by atoms with E-state index in [-0.39, 0.29) is 35.9 Å². The number of benzene rings is 4. The molecule has 0 bridgehead atoms. The predicted octanol–water partition coefficient (Wildman–Crippen LogP) is 4.24. The molecule has 0 heterocycles. The second-order valence-corrected chi connectivity index (χ2v) is 11.6. The fraction of sp³-hybridized carbons (Fsp3) is 0.194. The van der Waals surface area contributed by atoms with Crippen LogP contribution < -0.4 is 24.8 Å². The molecule has 0 saturated heterocycles. The van der Waals surface area contributed by atoms with Crippen molar-refractivity contribution in [3.63, 3.8) is 0 Å². The van der Waals surface area contributed by atoms with Crippen molar-refractivity contribution >= 4 is 3.21 Å². The Morgan fingerprint density at radius 1 is 0.733 bits per heavy atom. The third-order valence-electron chi connectivity index (χ3n) is 7.11. The van der Waals surface area contributed by atoms with Gasteiger partial charge in [-0.2, -0.15) is 35.9 Å². The van der Waals surface area contributed by atoms with Crippen LogP contribution in [-0.4, -0.2) is 3.21 Å². The van der Waals surface area contributed by atoms with E-state index in [1.807, 2.05) is 6.07 Å². The molecule has 0 aromatic heterocycles. The number of fused-ring (bicyclic) bond motifs is 3. The van der Waals surface area contributed by atoms with Crippen LogP contribution in [0.15, 0.2) is 108 Å². The van der Waals surface area contributed by atoms with E-state index < -0.39 is 23.5 Å². The molecule has 234 valence electrons. The summed E-state index contributed by atoms with van der Waals surface area (Å²) in [5.74, 6) is 0.551. The summed E-state index contributed by atoms with van der Waals surface area (Å²) in [6, 6.07) is 27.3. The number of hydrogen-bond acceptors (Lipinski definition) is 0. The standard InChI is InChI=1S/C15H8F6.C13H9.C8H11.2ClH.Zr/c16-14(17,18)12-5-1-3-10(8-12)7-11-4-2-6-13(9-11)15(19,20)21;1-3-7-12-10(5-1)9-11-6-2-4-8-13(11)12;1-6-4-7(2)8(3)5-6;;;/h1-6,8-9H;1-5,7-8H,9H2;4,6H,1-3H3;2*1H;/q;2*-1;;;+2/p-2. The molecule has 2 aliphatic carbocycles. The normalized spacial score (nSPS) is 14.5. The fourth-order valence-electron chi connectivity index (χ4n) is 4.86. The first-order valence-corrected chi connectivity index (χ1v) is 14.8. The number of halogens is 8. The number of rotatable bonds is 2. The SMILES string of the molecule is CC1=[C-]C(C)C=C1C.FC(F)(F)c1cccc([C](=[Zr+2])c2cccc(C(F)(F)F)c2)c1.[Cl-].[Cl-].[c-]1cccc2c1Cc1ccccc1-2. The first-order valence-electron chi connectivity index (χ1n) is 13.5. The number of alkyl halides is 6. The predicted molar refractivity (Wildman–Crippen MR) is 155 cm³/mol. The molecule has 9 heteroatoms. The van der Waals surface area contributed by atoms with Crippen LogP contribution in [0.3, 0.4) is 0 Å². The van der Waals surface area contributed by atoms with Crippen LogP contribution in [-0.2, 0) is 43.0 Å². The Hall–Kier alpha value is -2.73. The minimum atomic E-state index is -4.49. The summed E-state index contributed by atoms with van der Waals surface area (Å²) in [5, 5.41) is 0. The van der Waals surface area contributed by atoms with Crippen LogP contribution in [0, 0.1) is 18.1 Å². The van der Waals surface area contributed by atoms with Crippen molar-refractivity contribution in [2.45, 2.75) is 39.5 Å². The topological polar surface area (TPSA) is 0 Å². The zero-order valence-electron chi connectivity index (χ0n) is 24.5. The Morgan fingerprint density at radius 3 is 1.73 bits per heavy atom. The number of hydrogen-bond donors (Lipinski definition) is 0. The molecule has 0 N–H and O–H groups in total. The van der Waals surface area contributed by atoms with E-state index in [1.165, 1.54) is 57.7 Å². The van der Waals surface area contributed by atoms with Gasteiger partial charge in [-0.25, -0.2) is 11.1 Å². The van der Waals surface area contributed by atoms with Gasteiger partial charge >= 0.3 is 137 Å². The van der Waals surface area contributed by atoms with Crippen molar-refractivity contribution in [2.24, 2.45) is 5.92 Å². The van der Waals surface area contributed by atoms with Gasteiger partial charge in [0.15, 0.2) is 0 Å². The van der Waals surface area contributed by atoms with E-state index in [2.05, 4.69) is 75.4 Å². The largest absolute Gasteiger partial charge is 1.00 e. The Bertz CT molecular complexity index is 1560. The zero-order valence-corrected chi connectivity index (χ0v) is 28.5. The molecular weight excluding hydrogens is 709 g/mol. The van der Waals surface area contributed by atoms with Crippen LogP contribution in [0.5, 0.6) is 0 Å². The molecule has 45 heavy (non-hydrogen) atoms. The van der Waals surface area contributed by atoms with Gasteiger partial charge in [0, 0.05) is 0 Å². The summed E-state index contributed by atoms with van der Waals surface area (Å²) < 4.78 is 76.7. The maximum absolute atomic E-state index is 12.7. The number of allylic oxidation sites excluding steroid dienone is 4. The molecule has 0 nitrogen and oxygen atoms in total. The zero-order chi connectivity index (χ0) is 31.4. The van der Waals surface area contributed by atoms with E-state index in [4.69, 9.17) is 0 Å².